The molecule has 1 atom stereocenters. The molecule has 1 aromatic carbocycles. The minimum absolute atomic E-state index is 0.0982. The first-order chi connectivity index (χ1) is 10.1. The molecule has 1 aromatic rings. The molecule has 1 aliphatic heterocycles. The number of nitrogens with one attached hydrogen (secondary N) is 2. The molecule has 0 saturated carbocycles. The van der Waals surface area contributed by atoms with E-state index in [0.717, 1.165) is 37.2 Å². The van der Waals surface area contributed by atoms with Crippen LogP contribution in [0.5, 0.6) is 5.75 Å². The predicted octanol–water partition coefficient (Wildman–Crippen LogP) is 1.30. The van der Waals surface area contributed by atoms with E-state index < -0.39 is 10.0 Å². The van der Waals surface area contributed by atoms with Crippen molar-refractivity contribution >= 4 is 10.0 Å². The topological polar surface area (TPSA) is 67.4 Å². The summed E-state index contributed by atoms with van der Waals surface area (Å²) in [7, 11) is -3.20. The number of rotatable bonds is 9. The van der Waals surface area contributed by atoms with Gasteiger partial charge in [-0.2, -0.15) is 0 Å². The Hall–Kier alpha value is -1.11. The van der Waals surface area contributed by atoms with Crippen LogP contribution in [-0.4, -0.2) is 39.9 Å². The number of para-hydroxylation sites is 1. The summed E-state index contributed by atoms with van der Waals surface area (Å²) in [5.41, 5.74) is 1.15. The van der Waals surface area contributed by atoms with Crippen LogP contribution in [-0.2, 0) is 16.4 Å². The van der Waals surface area contributed by atoms with Crippen LogP contribution in [0.4, 0.5) is 0 Å². The van der Waals surface area contributed by atoms with Gasteiger partial charge in [0.25, 0.3) is 0 Å². The Balaban J connectivity index is 1.68. The van der Waals surface area contributed by atoms with E-state index in [-0.39, 0.29) is 11.9 Å². The fraction of sp³-hybridized carbons (Fsp3) is 0.600. The van der Waals surface area contributed by atoms with E-state index in [0.29, 0.717) is 13.0 Å². The SMILES string of the molecule is CCNCCCCS(=O)(=O)NCC1Cc2ccccc2O1. The first-order valence-corrected chi connectivity index (χ1v) is 9.18. The van der Waals surface area contributed by atoms with Crippen LogP contribution in [0.2, 0.25) is 0 Å². The third kappa shape index (κ3) is 5.30. The number of hydrogen-bond donors (Lipinski definition) is 2. The third-order valence-electron chi connectivity index (χ3n) is 3.51. The summed E-state index contributed by atoms with van der Waals surface area (Å²) in [4.78, 5) is 0. The highest BCUT2D eigenvalue weighted by Crippen LogP contribution is 2.27. The van der Waals surface area contributed by atoms with Gasteiger partial charge in [0.1, 0.15) is 11.9 Å². The third-order valence-corrected chi connectivity index (χ3v) is 4.94. The number of fused-ring (bicyclic) bond motifs is 1. The monoisotopic (exact) mass is 312 g/mol. The van der Waals surface area contributed by atoms with Crippen molar-refractivity contribution in [3.05, 3.63) is 29.8 Å². The van der Waals surface area contributed by atoms with Crippen molar-refractivity contribution in [3.8, 4) is 5.75 Å². The first-order valence-electron chi connectivity index (χ1n) is 7.53. The van der Waals surface area contributed by atoms with Crippen molar-refractivity contribution in [3.63, 3.8) is 0 Å². The average Bonchev–Trinajstić information content (AvgIpc) is 2.88. The van der Waals surface area contributed by atoms with E-state index in [2.05, 4.69) is 10.0 Å². The normalized spacial score (nSPS) is 17.5. The molecule has 1 aliphatic rings. The highest BCUT2D eigenvalue weighted by Gasteiger charge is 2.23. The summed E-state index contributed by atoms with van der Waals surface area (Å²) >= 11 is 0. The van der Waals surface area contributed by atoms with E-state index in [1.165, 1.54) is 0 Å². The van der Waals surface area contributed by atoms with E-state index in [9.17, 15) is 8.42 Å². The molecule has 0 saturated heterocycles. The molecule has 1 heterocycles. The molecule has 0 aliphatic carbocycles. The quantitative estimate of drug-likeness (QED) is 0.675. The van der Waals surface area contributed by atoms with Crippen LogP contribution in [0.25, 0.3) is 0 Å². The van der Waals surface area contributed by atoms with Crippen molar-refractivity contribution in [2.75, 3.05) is 25.4 Å². The summed E-state index contributed by atoms with van der Waals surface area (Å²) in [6, 6.07) is 7.84. The fourth-order valence-electron chi connectivity index (χ4n) is 2.38. The van der Waals surface area contributed by atoms with Crippen molar-refractivity contribution in [1.82, 2.24) is 10.0 Å². The van der Waals surface area contributed by atoms with E-state index in [1.807, 2.05) is 31.2 Å². The molecule has 0 amide bonds. The predicted molar refractivity (Wildman–Crippen MR) is 84.1 cm³/mol. The van der Waals surface area contributed by atoms with Gasteiger partial charge in [-0.15, -0.1) is 0 Å². The van der Waals surface area contributed by atoms with Gasteiger partial charge in [0.05, 0.1) is 5.75 Å². The molecular formula is C15H24N2O3S. The Kier molecular flexibility index (Phi) is 6.02. The molecule has 6 heteroatoms. The van der Waals surface area contributed by atoms with E-state index in [1.54, 1.807) is 0 Å². The second-order valence-corrected chi connectivity index (χ2v) is 7.21. The standard InChI is InChI=1S/C15H24N2O3S/c1-2-16-9-5-6-10-21(18,19)17-12-14-11-13-7-3-4-8-15(13)20-14/h3-4,7-8,14,16-17H,2,5-6,9-12H2,1H3. The lowest BCUT2D eigenvalue weighted by Gasteiger charge is -2.12. The van der Waals surface area contributed by atoms with Gasteiger partial charge >= 0.3 is 0 Å². The Morgan fingerprint density at radius 1 is 1.29 bits per heavy atom. The summed E-state index contributed by atoms with van der Waals surface area (Å²) in [6.07, 6.45) is 2.21. The zero-order valence-corrected chi connectivity index (χ0v) is 13.3. The summed E-state index contributed by atoms with van der Waals surface area (Å²) in [5.74, 6) is 1.05. The number of benzene rings is 1. The van der Waals surface area contributed by atoms with Crippen molar-refractivity contribution < 1.29 is 13.2 Å². The van der Waals surface area contributed by atoms with Gasteiger partial charge in [-0.1, -0.05) is 25.1 Å². The van der Waals surface area contributed by atoms with Crippen molar-refractivity contribution in [2.24, 2.45) is 0 Å². The molecule has 0 bridgehead atoms. The molecule has 21 heavy (non-hydrogen) atoms. The maximum Gasteiger partial charge on any atom is 0.211 e. The lowest BCUT2D eigenvalue weighted by Crippen LogP contribution is -2.35. The number of hydrogen-bond acceptors (Lipinski definition) is 4. The van der Waals surface area contributed by atoms with Gasteiger partial charge in [-0.25, -0.2) is 13.1 Å². The van der Waals surface area contributed by atoms with Gasteiger partial charge in [-0.3, -0.25) is 0 Å². The lowest BCUT2D eigenvalue weighted by molar-refractivity contribution is 0.236. The summed E-state index contributed by atoms with van der Waals surface area (Å²) in [5, 5.41) is 3.19. The Morgan fingerprint density at radius 3 is 2.86 bits per heavy atom. The molecule has 5 nitrogen and oxygen atoms in total. The highest BCUT2D eigenvalue weighted by molar-refractivity contribution is 7.89. The van der Waals surface area contributed by atoms with E-state index in [4.69, 9.17) is 4.74 Å². The number of unbranched alkanes of at least 4 members (excludes halogenated alkanes) is 1. The molecule has 0 radical (unpaired) electrons. The Labute approximate surface area is 127 Å². The summed E-state index contributed by atoms with van der Waals surface area (Å²) < 4.78 is 32.2. The maximum absolute atomic E-state index is 11.9. The lowest BCUT2D eigenvalue weighted by atomic mass is 10.1. The van der Waals surface area contributed by atoms with Crippen LogP contribution in [0, 0.1) is 0 Å². The number of sulfonamides is 1. The zero-order chi connectivity index (χ0) is 15.1. The van der Waals surface area contributed by atoms with Gasteiger partial charge in [0, 0.05) is 13.0 Å². The molecule has 118 valence electrons. The van der Waals surface area contributed by atoms with Gasteiger partial charge in [-0.05, 0) is 37.6 Å². The highest BCUT2D eigenvalue weighted by atomic mass is 32.2. The second kappa shape index (κ2) is 7.77. The average molecular weight is 312 g/mol. The van der Waals surface area contributed by atoms with E-state index >= 15 is 0 Å². The summed E-state index contributed by atoms with van der Waals surface area (Å²) in [6.45, 7) is 4.17. The smallest absolute Gasteiger partial charge is 0.211 e. The Morgan fingerprint density at radius 2 is 2.10 bits per heavy atom. The minimum Gasteiger partial charge on any atom is -0.488 e. The van der Waals surface area contributed by atoms with Crippen LogP contribution in [0.1, 0.15) is 25.3 Å². The van der Waals surface area contributed by atoms with Gasteiger partial charge < -0.3 is 10.1 Å². The molecule has 2 rings (SSSR count). The van der Waals surface area contributed by atoms with Crippen molar-refractivity contribution in [2.45, 2.75) is 32.3 Å². The van der Waals surface area contributed by atoms with Crippen LogP contribution < -0.4 is 14.8 Å². The molecule has 2 N–H and O–H groups in total. The van der Waals surface area contributed by atoms with Crippen LogP contribution >= 0.6 is 0 Å². The van der Waals surface area contributed by atoms with Gasteiger partial charge in [0.2, 0.25) is 10.0 Å². The molecule has 0 aromatic heterocycles. The molecule has 1 unspecified atom stereocenters. The minimum atomic E-state index is -3.20. The first kappa shape index (κ1) is 16.3. The van der Waals surface area contributed by atoms with Crippen LogP contribution in [0.15, 0.2) is 24.3 Å². The maximum atomic E-state index is 11.9. The van der Waals surface area contributed by atoms with Crippen LogP contribution in [0.3, 0.4) is 0 Å². The largest absolute Gasteiger partial charge is 0.488 e. The Bertz CT molecular complexity index is 521. The molecule has 0 spiro atoms. The fourth-order valence-corrected chi connectivity index (χ4v) is 3.55. The van der Waals surface area contributed by atoms with Crippen molar-refractivity contribution in [1.29, 1.82) is 0 Å². The molecular weight excluding hydrogens is 288 g/mol. The van der Waals surface area contributed by atoms with Gasteiger partial charge in [0.15, 0.2) is 0 Å². The second-order valence-electron chi connectivity index (χ2n) is 5.28. The zero-order valence-electron chi connectivity index (χ0n) is 12.5. The molecule has 0 fully saturated rings. The number of ether oxygens (including phenoxy) is 1.